The second kappa shape index (κ2) is 4.84. The first-order valence-corrected chi connectivity index (χ1v) is 9.38. The predicted octanol–water partition coefficient (Wildman–Crippen LogP) is 4.00. The number of aliphatic hydroxyl groups excluding tert-OH is 1. The van der Waals surface area contributed by atoms with Crippen LogP contribution in [0.2, 0.25) is 0 Å². The van der Waals surface area contributed by atoms with Crippen LogP contribution in [0.15, 0.2) is 12.2 Å². The summed E-state index contributed by atoms with van der Waals surface area (Å²) < 4.78 is 5.83. The molecule has 3 heteroatoms. The molecule has 1 N–H and O–H groups in total. The molecule has 3 aliphatic carbocycles. The number of allylic oxidation sites excluding steroid dienone is 1. The van der Waals surface area contributed by atoms with Crippen molar-refractivity contribution in [3.63, 3.8) is 0 Å². The van der Waals surface area contributed by atoms with E-state index in [0.717, 1.165) is 57.8 Å². The minimum absolute atomic E-state index is 0.0119. The lowest BCUT2D eigenvalue weighted by molar-refractivity contribution is -0.151. The van der Waals surface area contributed by atoms with Gasteiger partial charge in [0.25, 0.3) is 0 Å². The van der Waals surface area contributed by atoms with Gasteiger partial charge in [-0.1, -0.05) is 12.2 Å². The molecule has 3 nitrogen and oxygen atoms in total. The van der Waals surface area contributed by atoms with Crippen LogP contribution < -0.4 is 0 Å². The van der Waals surface area contributed by atoms with Crippen LogP contribution in [0.3, 0.4) is 0 Å². The van der Waals surface area contributed by atoms with E-state index in [0.29, 0.717) is 11.8 Å². The molecule has 4 fully saturated rings. The standard InChI is InChI=1S/C20H30O3/c1-13-11-20(12-14(13)5-6-16(20)21)10-7-15-18(2)8-4-9-19(15,3)23-17(18)22/h14-16,21H,1,4-12H2,2-3H3/t14-,15-,16+,18-,19+,20-/m1/s1. The third-order valence-corrected chi connectivity index (χ3v) is 7.90. The fraction of sp³-hybridized carbons (Fsp3) is 0.850. The Kier molecular flexibility index (Phi) is 3.30. The Balaban J connectivity index is 1.55. The highest BCUT2D eigenvalue weighted by atomic mass is 16.6. The molecule has 0 amide bonds. The van der Waals surface area contributed by atoms with Gasteiger partial charge >= 0.3 is 5.97 Å². The Bertz CT molecular complexity index is 555. The van der Waals surface area contributed by atoms with E-state index in [-0.39, 0.29) is 28.5 Å². The Morgan fingerprint density at radius 1 is 1.30 bits per heavy atom. The van der Waals surface area contributed by atoms with Crippen LogP contribution in [0.5, 0.6) is 0 Å². The van der Waals surface area contributed by atoms with Crippen LogP contribution in [0, 0.1) is 22.7 Å². The smallest absolute Gasteiger partial charge is 0.312 e. The van der Waals surface area contributed by atoms with Crippen LogP contribution in [-0.2, 0) is 9.53 Å². The molecule has 3 saturated carbocycles. The molecule has 0 spiro atoms. The fourth-order valence-corrected chi connectivity index (χ4v) is 6.47. The number of hydrogen-bond acceptors (Lipinski definition) is 3. The number of ether oxygens (including phenoxy) is 1. The summed E-state index contributed by atoms with van der Waals surface area (Å²) >= 11 is 0. The highest BCUT2D eigenvalue weighted by molar-refractivity contribution is 5.80. The molecule has 23 heavy (non-hydrogen) atoms. The first kappa shape index (κ1) is 15.7. The summed E-state index contributed by atoms with van der Waals surface area (Å²) in [6, 6.07) is 0. The molecule has 0 aromatic heterocycles. The monoisotopic (exact) mass is 318 g/mol. The predicted molar refractivity (Wildman–Crippen MR) is 88.7 cm³/mol. The molecule has 0 aromatic rings. The molecule has 128 valence electrons. The second-order valence-corrected chi connectivity index (χ2v) is 9.26. The number of carbonyl (C=O) groups is 1. The summed E-state index contributed by atoms with van der Waals surface area (Å²) in [7, 11) is 0. The molecular weight excluding hydrogens is 288 g/mol. The molecule has 0 aromatic carbocycles. The fourth-order valence-electron chi connectivity index (χ4n) is 6.47. The maximum absolute atomic E-state index is 12.4. The molecule has 1 saturated heterocycles. The maximum Gasteiger partial charge on any atom is 0.312 e. The van der Waals surface area contributed by atoms with E-state index >= 15 is 0 Å². The Hall–Kier alpha value is -0.830. The van der Waals surface area contributed by atoms with Crippen LogP contribution in [0.1, 0.15) is 71.6 Å². The number of fused-ring (bicyclic) bond motifs is 4. The number of aliphatic hydroxyl groups is 1. The number of carbonyl (C=O) groups excluding carboxylic acids is 1. The zero-order valence-electron chi connectivity index (χ0n) is 14.6. The lowest BCUT2D eigenvalue weighted by Gasteiger charge is -2.43. The zero-order valence-corrected chi connectivity index (χ0v) is 14.6. The molecule has 4 bridgehead atoms. The highest BCUT2D eigenvalue weighted by Gasteiger charge is 2.62. The van der Waals surface area contributed by atoms with Gasteiger partial charge in [-0.3, -0.25) is 4.79 Å². The number of hydrogen-bond donors (Lipinski definition) is 1. The lowest BCUT2D eigenvalue weighted by Crippen LogP contribution is -2.44. The van der Waals surface area contributed by atoms with E-state index in [9.17, 15) is 9.90 Å². The van der Waals surface area contributed by atoms with Crippen molar-refractivity contribution in [1.82, 2.24) is 0 Å². The third-order valence-electron chi connectivity index (χ3n) is 7.90. The van der Waals surface area contributed by atoms with Crippen molar-refractivity contribution in [2.24, 2.45) is 22.7 Å². The van der Waals surface area contributed by atoms with Gasteiger partial charge in [0.15, 0.2) is 0 Å². The van der Waals surface area contributed by atoms with Crippen LogP contribution >= 0.6 is 0 Å². The molecule has 0 radical (unpaired) electrons. The van der Waals surface area contributed by atoms with Crippen molar-refractivity contribution in [3.8, 4) is 0 Å². The van der Waals surface area contributed by atoms with Gasteiger partial charge in [-0.25, -0.2) is 0 Å². The Labute approximate surface area is 139 Å². The number of rotatable bonds is 3. The van der Waals surface area contributed by atoms with Gasteiger partial charge < -0.3 is 9.84 Å². The van der Waals surface area contributed by atoms with Gasteiger partial charge in [0.1, 0.15) is 5.60 Å². The molecule has 4 rings (SSSR count). The number of esters is 1. The van der Waals surface area contributed by atoms with Crippen molar-refractivity contribution >= 4 is 5.97 Å². The summed E-state index contributed by atoms with van der Waals surface area (Å²) in [5.74, 6) is 0.926. The van der Waals surface area contributed by atoms with Crippen molar-refractivity contribution in [1.29, 1.82) is 0 Å². The quantitative estimate of drug-likeness (QED) is 0.632. The van der Waals surface area contributed by atoms with Crippen molar-refractivity contribution < 1.29 is 14.6 Å². The summed E-state index contributed by atoms with van der Waals surface area (Å²) in [4.78, 5) is 12.4. The molecule has 4 aliphatic rings. The normalized spacial score (nSPS) is 51.9. The summed E-state index contributed by atoms with van der Waals surface area (Å²) in [5.41, 5.74) is 0.776. The van der Waals surface area contributed by atoms with E-state index in [2.05, 4.69) is 20.4 Å². The van der Waals surface area contributed by atoms with E-state index in [1.54, 1.807) is 0 Å². The Morgan fingerprint density at radius 3 is 2.83 bits per heavy atom. The maximum atomic E-state index is 12.4. The minimum Gasteiger partial charge on any atom is -0.459 e. The summed E-state index contributed by atoms with van der Waals surface area (Å²) in [6.45, 7) is 8.50. The van der Waals surface area contributed by atoms with Gasteiger partial charge in [0, 0.05) is 11.3 Å². The van der Waals surface area contributed by atoms with Crippen LogP contribution in [-0.4, -0.2) is 22.8 Å². The molecule has 6 atom stereocenters. The minimum atomic E-state index is -0.307. The van der Waals surface area contributed by atoms with Gasteiger partial charge in [0.05, 0.1) is 11.5 Å². The van der Waals surface area contributed by atoms with Crippen molar-refractivity contribution in [2.45, 2.75) is 83.3 Å². The van der Waals surface area contributed by atoms with E-state index in [1.807, 2.05) is 0 Å². The van der Waals surface area contributed by atoms with Gasteiger partial charge in [-0.15, -0.1) is 0 Å². The lowest BCUT2D eigenvalue weighted by atomic mass is 9.59. The van der Waals surface area contributed by atoms with Gasteiger partial charge in [0.2, 0.25) is 0 Å². The van der Waals surface area contributed by atoms with Crippen molar-refractivity contribution in [2.75, 3.05) is 0 Å². The van der Waals surface area contributed by atoms with Crippen LogP contribution in [0.4, 0.5) is 0 Å². The average Bonchev–Trinajstić information content (AvgIpc) is 2.80. The molecular formula is C20H30O3. The zero-order chi connectivity index (χ0) is 16.5. The first-order chi connectivity index (χ1) is 10.8. The van der Waals surface area contributed by atoms with Crippen molar-refractivity contribution in [3.05, 3.63) is 12.2 Å². The first-order valence-electron chi connectivity index (χ1n) is 9.38. The van der Waals surface area contributed by atoms with Gasteiger partial charge in [-0.05, 0) is 77.6 Å². The largest absolute Gasteiger partial charge is 0.459 e. The van der Waals surface area contributed by atoms with Gasteiger partial charge in [-0.2, -0.15) is 0 Å². The third kappa shape index (κ3) is 2.08. The SMILES string of the molecule is C=C1C[C@]2(CC[C@@H]3[C@@]4(C)CCC[C@]3(C)OC4=O)C[C@H]1CC[C@@H]2O. The molecule has 1 aliphatic heterocycles. The topological polar surface area (TPSA) is 46.5 Å². The molecule has 0 unspecified atom stereocenters. The van der Waals surface area contributed by atoms with E-state index in [4.69, 9.17) is 4.74 Å². The average molecular weight is 318 g/mol. The second-order valence-electron chi connectivity index (χ2n) is 9.26. The summed E-state index contributed by atoms with van der Waals surface area (Å²) in [6.07, 6.45) is 8.93. The van der Waals surface area contributed by atoms with Crippen LogP contribution in [0.25, 0.3) is 0 Å². The summed E-state index contributed by atoms with van der Waals surface area (Å²) in [5, 5.41) is 10.7. The highest BCUT2D eigenvalue weighted by Crippen LogP contribution is 2.60. The Morgan fingerprint density at radius 2 is 2.09 bits per heavy atom. The van der Waals surface area contributed by atoms with E-state index < -0.39 is 0 Å². The van der Waals surface area contributed by atoms with E-state index in [1.165, 1.54) is 5.57 Å². The molecule has 1 heterocycles.